The standard InChI is InChI=1S/C13H18ClNO/c1-10(16)7-8-15(3)11(2)12-5-4-6-13(14)9-12/h4-6,9,11H,7-8H2,1-3H3. The van der Waals surface area contributed by atoms with Crippen molar-refractivity contribution in [3.05, 3.63) is 34.9 Å². The van der Waals surface area contributed by atoms with Gasteiger partial charge in [0.15, 0.2) is 0 Å². The summed E-state index contributed by atoms with van der Waals surface area (Å²) >= 11 is 5.95. The molecular weight excluding hydrogens is 222 g/mol. The molecule has 16 heavy (non-hydrogen) atoms. The number of ketones is 1. The van der Waals surface area contributed by atoms with Gasteiger partial charge in [-0.05, 0) is 38.6 Å². The van der Waals surface area contributed by atoms with Crippen molar-refractivity contribution >= 4 is 17.4 Å². The molecule has 0 radical (unpaired) electrons. The fourth-order valence-electron chi connectivity index (χ4n) is 1.55. The van der Waals surface area contributed by atoms with Crippen LogP contribution in [0.3, 0.4) is 0 Å². The monoisotopic (exact) mass is 239 g/mol. The molecule has 1 rings (SSSR count). The van der Waals surface area contributed by atoms with Crippen LogP contribution in [-0.4, -0.2) is 24.3 Å². The Hall–Kier alpha value is -0.860. The Bertz CT molecular complexity index is 365. The summed E-state index contributed by atoms with van der Waals surface area (Å²) in [6.07, 6.45) is 0.599. The summed E-state index contributed by atoms with van der Waals surface area (Å²) in [5, 5.41) is 0.754. The Morgan fingerprint density at radius 1 is 1.50 bits per heavy atom. The van der Waals surface area contributed by atoms with E-state index in [0.29, 0.717) is 6.42 Å². The van der Waals surface area contributed by atoms with E-state index >= 15 is 0 Å². The van der Waals surface area contributed by atoms with E-state index in [2.05, 4.69) is 17.9 Å². The topological polar surface area (TPSA) is 20.3 Å². The van der Waals surface area contributed by atoms with E-state index in [9.17, 15) is 4.79 Å². The zero-order valence-corrected chi connectivity index (χ0v) is 10.8. The maximum atomic E-state index is 10.9. The lowest BCUT2D eigenvalue weighted by atomic mass is 10.1. The maximum Gasteiger partial charge on any atom is 0.131 e. The molecule has 0 saturated carbocycles. The molecule has 1 atom stereocenters. The Kier molecular flexibility index (Phi) is 4.97. The predicted octanol–water partition coefficient (Wildman–Crippen LogP) is 3.31. The van der Waals surface area contributed by atoms with Crippen LogP contribution in [0.5, 0.6) is 0 Å². The lowest BCUT2D eigenvalue weighted by molar-refractivity contribution is -0.117. The van der Waals surface area contributed by atoms with Crippen molar-refractivity contribution in [2.75, 3.05) is 13.6 Å². The van der Waals surface area contributed by atoms with Gasteiger partial charge in [-0.15, -0.1) is 0 Å². The van der Waals surface area contributed by atoms with E-state index in [0.717, 1.165) is 11.6 Å². The van der Waals surface area contributed by atoms with Gasteiger partial charge in [0.1, 0.15) is 5.78 Å². The molecule has 2 nitrogen and oxygen atoms in total. The van der Waals surface area contributed by atoms with E-state index < -0.39 is 0 Å². The molecule has 0 saturated heterocycles. The quantitative estimate of drug-likeness (QED) is 0.786. The lowest BCUT2D eigenvalue weighted by Crippen LogP contribution is -2.24. The van der Waals surface area contributed by atoms with Crippen LogP contribution in [-0.2, 0) is 4.79 Å². The first-order valence-corrected chi connectivity index (χ1v) is 5.83. The van der Waals surface area contributed by atoms with Crippen molar-refractivity contribution in [2.45, 2.75) is 26.3 Å². The summed E-state index contributed by atoms with van der Waals surface area (Å²) in [5.41, 5.74) is 1.18. The summed E-state index contributed by atoms with van der Waals surface area (Å²) in [6.45, 7) is 4.52. The smallest absolute Gasteiger partial charge is 0.131 e. The summed E-state index contributed by atoms with van der Waals surface area (Å²) in [4.78, 5) is 13.1. The van der Waals surface area contributed by atoms with E-state index in [1.165, 1.54) is 5.56 Å². The second-order valence-electron chi connectivity index (χ2n) is 4.16. The Morgan fingerprint density at radius 2 is 2.19 bits per heavy atom. The number of Topliss-reactive ketones (excluding diaryl/α,β-unsaturated/α-hetero) is 1. The molecule has 0 spiro atoms. The Balaban J connectivity index is 2.62. The molecule has 1 aromatic carbocycles. The lowest BCUT2D eigenvalue weighted by Gasteiger charge is -2.24. The maximum absolute atomic E-state index is 10.9. The first-order valence-electron chi connectivity index (χ1n) is 5.46. The van der Waals surface area contributed by atoms with Gasteiger partial charge in [0.05, 0.1) is 0 Å². The van der Waals surface area contributed by atoms with Crippen molar-refractivity contribution in [3.63, 3.8) is 0 Å². The molecule has 0 aliphatic heterocycles. The highest BCUT2D eigenvalue weighted by atomic mass is 35.5. The molecule has 88 valence electrons. The van der Waals surface area contributed by atoms with Gasteiger partial charge in [-0.25, -0.2) is 0 Å². The second kappa shape index (κ2) is 6.02. The van der Waals surface area contributed by atoms with Crippen LogP contribution < -0.4 is 0 Å². The second-order valence-corrected chi connectivity index (χ2v) is 4.60. The van der Waals surface area contributed by atoms with Gasteiger partial charge in [-0.1, -0.05) is 23.7 Å². The zero-order chi connectivity index (χ0) is 12.1. The minimum atomic E-state index is 0.227. The minimum absolute atomic E-state index is 0.227. The molecule has 0 fully saturated rings. The summed E-state index contributed by atoms with van der Waals surface area (Å²) < 4.78 is 0. The van der Waals surface area contributed by atoms with E-state index in [1.54, 1.807) is 6.92 Å². The average molecular weight is 240 g/mol. The molecular formula is C13H18ClNO. The number of halogens is 1. The largest absolute Gasteiger partial charge is 0.300 e. The first-order chi connectivity index (χ1) is 7.50. The van der Waals surface area contributed by atoms with Gasteiger partial charge >= 0.3 is 0 Å². The fourth-order valence-corrected chi connectivity index (χ4v) is 1.75. The molecule has 0 N–H and O–H groups in total. The van der Waals surface area contributed by atoms with E-state index in [-0.39, 0.29) is 11.8 Å². The van der Waals surface area contributed by atoms with Crippen LogP contribution in [0.4, 0.5) is 0 Å². The van der Waals surface area contributed by atoms with Crippen LogP contribution >= 0.6 is 11.6 Å². The molecule has 0 heterocycles. The highest BCUT2D eigenvalue weighted by molar-refractivity contribution is 6.30. The van der Waals surface area contributed by atoms with Crippen molar-refractivity contribution in [1.29, 1.82) is 0 Å². The van der Waals surface area contributed by atoms with Crippen LogP contribution in [0.1, 0.15) is 31.9 Å². The molecule has 0 aromatic heterocycles. The number of hydrogen-bond donors (Lipinski definition) is 0. The number of carbonyl (C=O) groups is 1. The van der Waals surface area contributed by atoms with Gasteiger partial charge in [0.2, 0.25) is 0 Å². The molecule has 0 aliphatic rings. The molecule has 0 aliphatic carbocycles. The van der Waals surface area contributed by atoms with Crippen LogP contribution in [0.25, 0.3) is 0 Å². The minimum Gasteiger partial charge on any atom is -0.300 e. The van der Waals surface area contributed by atoms with E-state index in [4.69, 9.17) is 11.6 Å². The van der Waals surface area contributed by atoms with Gasteiger partial charge in [0, 0.05) is 24.0 Å². The summed E-state index contributed by atoms with van der Waals surface area (Å²) in [6, 6.07) is 8.12. The van der Waals surface area contributed by atoms with Crippen LogP contribution in [0, 0.1) is 0 Å². The van der Waals surface area contributed by atoms with Gasteiger partial charge in [0.25, 0.3) is 0 Å². The highest BCUT2D eigenvalue weighted by Gasteiger charge is 2.11. The molecule has 3 heteroatoms. The first kappa shape index (κ1) is 13.2. The third-order valence-corrected chi connectivity index (χ3v) is 3.04. The Labute approximate surface area is 102 Å². The number of hydrogen-bond acceptors (Lipinski definition) is 2. The van der Waals surface area contributed by atoms with Crippen molar-refractivity contribution in [3.8, 4) is 0 Å². The molecule has 1 unspecified atom stereocenters. The SMILES string of the molecule is CC(=O)CCN(C)C(C)c1cccc(Cl)c1. The summed E-state index contributed by atoms with van der Waals surface area (Å²) in [7, 11) is 2.02. The molecule has 0 bridgehead atoms. The number of benzene rings is 1. The molecule has 0 amide bonds. The number of carbonyl (C=O) groups excluding carboxylic acids is 1. The highest BCUT2D eigenvalue weighted by Crippen LogP contribution is 2.21. The van der Waals surface area contributed by atoms with Gasteiger partial charge < -0.3 is 0 Å². The van der Waals surface area contributed by atoms with E-state index in [1.807, 2.05) is 25.2 Å². The predicted molar refractivity (Wildman–Crippen MR) is 67.8 cm³/mol. The van der Waals surface area contributed by atoms with Crippen molar-refractivity contribution in [2.24, 2.45) is 0 Å². The number of nitrogens with zero attached hydrogens (tertiary/aromatic N) is 1. The fraction of sp³-hybridized carbons (Fsp3) is 0.462. The van der Waals surface area contributed by atoms with Crippen LogP contribution in [0.2, 0.25) is 5.02 Å². The van der Waals surface area contributed by atoms with Gasteiger partial charge in [-0.3, -0.25) is 9.69 Å². The van der Waals surface area contributed by atoms with Crippen molar-refractivity contribution < 1.29 is 4.79 Å². The normalized spacial score (nSPS) is 12.8. The average Bonchev–Trinajstić information content (AvgIpc) is 2.24. The third kappa shape index (κ3) is 3.95. The number of rotatable bonds is 5. The van der Waals surface area contributed by atoms with Crippen LogP contribution in [0.15, 0.2) is 24.3 Å². The summed E-state index contributed by atoms with van der Waals surface area (Å²) in [5.74, 6) is 0.227. The van der Waals surface area contributed by atoms with Gasteiger partial charge in [-0.2, -0.15) is 0 Å². The van der Waals surface area contributed by atoms with Crippen molar-refractivity contribution in [1.82, 2.24) is 4.90 Å². The zero-order valence-electron chi connectivity index (χ0n) is 10.0. The third-order valence-electron chi connectivity index (χ3n) is 2.81. The Morgan fingerprint density at radius 3 is 2.75 bits per heavy atom. The molecule has 1 aromatic rings.